The van der Waals surface area contributed by atoms with Crippen LogP contribution in [0, 0.1) is 23.7 Å². The highest BCUT2D eigenvalue weighted by Crippen LogP contribution is 2.45. The van der Waals surface area contributed by atoms with Crippen LogP contribution in [0.4, 0.5) is 0 Å². The Kier molecular flexibility index (Phi) is 6.20. The van der Waals surface area contributed by atoms with Gasteiger partial charge >= 0.3 is 0 Å². The van der Waals surface area contributed by atoms with Gasteiger partial charge in [-0.05, 0) is 43.9 Å². The molecule has 3 aliphatic rings. The van der Waals surface area contributed by atoms with Crippen molar-refractivity contribution in [3.63, 3.8) is 0 Å². The summed E-state index contributed by atoms with van der Waals surface area (Å²) in [5.41, 5.74) is 1.23. The van der Waals surface area contributed by atoms with Gasteiger partial charge in [-0.15, -0.1) is 0 Å². The van der Waals surface area contributed by atoms with E-state index in [1.54, 1.807) is 0 Å². The topological polar surface area (TPSA) is 32.6 Å². The highest BCUT2D eigenvalue weighted by atomic mass is 16.4. The minimum Gasteiger partial charge on any atom is -0.411 e. The molecule has 0 bridgehead atoms. The molecule has 0 spiro atoms. The fourth-order valence-corrected chi connectivity index (χ4v) is 5.63. The Hall–Kier alpha value is -0.530. The van der Waals surface area contributed by atoms with Gasteiger partial charge in [-0.3, -0.25) is 0 Å². The molecule has 0 amide bonds. The van der Waals surface area contributed by atoms with Gasteiger partial charge in [0.2, 0.25) is 0 Å². The van der Waals surface area contributed by atoms with Gasteiger partial charge in [0.15, 0.2) is 0 Å². The first kappa shape index (κ1) is 16.3. The largest absolute Gasteiger partial charge is 0.411 e. The summed E-state index contributed by atoms with van der Waals surface area (Å²) >= 11 is 0. The van der Waals surface area contributed by atoms with Gasteiger partial charge in [0, 0.05) is 11.8 Å². The van der Waals surface area contributed by atoms with Crippen LogP contribution >= 0.6 is 0 Å². The summed E-state index contributed by atoms with van der Waals surface area (Å²) < 4.78 is 0. The lowest BCUT2D eigenvalue weighted by Gasteiger charge is -2.42. The second kappa shape index (κ2) is 8.36. The number of hydrogen-bond acceptors (Lipinski definition) is 2. The summed E-state index contributed by atoms with van der Waals surface area (Å²) in [7, 11) is 0. The molecule has 0 radical (unpaired) electrons. The predicted octanol–water partition coefficient (Wildman–Crippen LogP) is 6.17. The molecule has 4 unspecified atom stereocenters. The fourth-order valence-electron chi connectivity index (χ4n) is 5.63. The lowest BCUT2D eigenvalue weighted by molar-refractivity contribution is 0.184. The molecule has 0 aromatic heterocycles. The van der Waals surface area contributed by atoms with Crippen molar-refractivity contribution in [1.82, 2.24) is 0 Å². The van der Waals surface area contributed by atoms with Crippen molar-refractivity contribution in [3.8, 4) is 0 Å². The Bertz CT molecular complexity index is 335. The first-order valence-corrected chi connectivity index (χ1v) is 10.1. The minimum absolute atomic E-state index is 0.602. The van der Waals surface area contributed by atoms with Gasteiger partial charge in [0.05, 0.1) is 5.71 Å². The number of fused-ring (bicyclic) bond motifs is 2. The number of hydrogen-bond donors (Lipinski definition) is 1. The van der Waals surface area contributed by atoms with Gasteiger partial charge in [-0.1, -0.05) is 69.4 Å². The van der Waals surface area contributed by atoms with E-state index in [0.717, 1.165) is 11.8 Å². The van der Waals surface area contributed by atoms with Crippen LogP contribution in [-0.4, -0.2) is 10.9 Å². The van der Waals surface area contributed by atoms with Crippen molar-refractivity contribution >= 4 is 5.71 Å². The number of rotatable bonds is 0. The third-order valence-corrected chi connectivity index (χ3v) is 6.80. The van der Waals surface area contributed by atoms with E-state index in [0.29, 0.717) is 11.8 Å². The second-order valence-corrected chi connectivity index (χ2v) is 8.18. The van der Waals surface area contributed by atoms with Crippen LogP contribution in [0.5, 0.6) is 0 Å². The smallest absolute Gasteiger partial charge is 0.0637 e. The van der Waals surface area contributed by atoms with Crippen molar-refractivity contribution in [2.24, 2.45) is 28.8 Å². The monoisotopic (exact) mass is 305 g/mol. The van der Waals surface area contributed by atoms with Crippen LogP contribution in [-0.2, 0) is 0 Å². The molecular weight excluding hydrogens is 270 g/mol. The summed E-state index contributed by atoms with van der Waals surface area (Å²) in [6, 6.07) is 0. The van der Waals surface area contributed by atoms with Gasteiger partial charge in [0.1, 0.15) is 0 Å². The Morgan fingerprint density at radius 3 is 1.45 bits per heavy atom. The molecule has 3 aliphatic carbocycles. The number of oxime groups is 1. The summed E-state index contributed by atoms with van der Waals surface area (Å²) in [5, 5.41) is 13.8. The molecule has 22 heavy (non-hydrogen) atoms. The molecule has 0 saturated heterocycles. The zero-order valence-electron chi connectivity index (χ0n) is 14.3. The van der Waals surface area contributed by atoms with Gasteiger partial charge in [-0.25, -0.2) is 0 Å². The van der Waals surface area contributed by atoms with Crippen LogP contribution in [0.15, 0.2) is 5.16 Å². The molecule has 0 aliphatic heterocycles. The van der Waals surface area contributed by atoms with Crippen molar-refractivity contribution in [2.45, 2.75) is 96.3 Å². The summed E-state index contributed by atoms with van der Waals surface area (Å²) in [4.78, 5) is 0. The molecule has 3 saturated carbocycles. The minimum atomic E-state index is 0.602. The van der Waals surface area contributed by atoms with E-state index < -0.39 is 0 Å². The van der Waals surface area contributed by atoms with Crippen molar-refractivity contribution in [1.29, 1.82) is 0 Å². The zero-order valence-corrected chi connectivity index (χ0v) is 14.3. The Morgan fingerprint density at radius 2 is 1.00 bits per heavy atom. The van der Waals surface area contributed by atoms with Crippen LogP contribution < -0.4 is 0 Å². The molecule has 4 atom stereocenters. The Morgan fingerprint density at radius 1 is 0.591 bits per heavy atom. The molecule has 3 rings (SSSR count). The molecule has 126 valence electrons. The van der Waals surface area contributed by atoms with Crippen molar-refractivity contribution in [2.75, 3.05) is 0 Å². The summed E-state index contributed by atoms with van der Waals surface area (Å²) in [5.74, 6) is 2.83. The average molecular weight is 306 g/mol. The molecular formula is C20H35NO. The van der Waals surface area contributed by atoms with Gasteiger partial charge in [0.25, 0.3) is 0 Å². The van der Waals surface area contributed by atoms with Crippen molar-refractivity contribution in [3.05, 3.63) is 0 Å². The fraction of sp³-hybridized carbons (Fsp3) is 0.950. The maximum atomic E-state index is 9.82. The van der Waals surface area contributed by atoms with E-state index in [2.05, 4.69) is 5.16 Å². The molecule has 0 heterocycles. The van der Waals surface area contributed by atoms with E-state index in [4.69, 9.17) is 0 Å². The van der Waals surface area contributed by atoms with E-state index in [-0.39, 0.29) is 0 Å². The molecule has 3 fully saturated rings. The maximum absolute atomic E-state index is 9.82. The van der Waals surface area contributed by atoms with E-state index in [1.807, 2.05) is 0 Å². The number of nitrogens with zero attached hydrogens (tertiary/aromatic N) is 1. The van der Waals surface area contributed by atoms with Gasteiger partial charge in [-0.2, -0.15) is 0 Å². The van der Waals surface area contributed by atoms with Crippen LogP contribution in [0.1, 0.15) is 96.3 Å². The lowest BCUT2D eigenvalue weighted by Crippen LogP contribution is -2.41. The third kappa shape index (κ3) is 3.86. The third-order valence-electron chi connectivity index (χ3n) is 6.80. The second-order valence-electron chi connectivity index (χ2n) is 8.18. The van der Waals surface area contributed by atoms with Crippen LogP contribution in [0.2, 0.25) is 0 Å². The van der Waals surface area contributed by atoms with E-state index >= 15 is 0 Å². The highest BCUT2D eigenvalue weighted by molar-refractivity contribution is 5.89. The SMILES string of the molecule is ON=C1C2CCCCCCCC2CC2CCCCCCCC12. The Balaban J connectivity index is 1.79. The van der Waals surface area contributed by atoms with Crippen molar-refractivity contribution < 1.29 is 5.21 Å². The normalized spacial score (nSPS) is 38.1. The predicted molar refractivity (Wildman–Crippen MR) is 92.4 cm³/mol. The summed E-state index contributed by atoms with van der Waals surface area (Å²) in [6.45, 7) is 0. The van der Waals surface area contributed by atoms with Gasteiger partial charge < -0.3 is 5.21 Å². The van der Waals surface area contributed by atoms with E-state index in [9.17, 15) is 5.21 Å². The maximum Gasteiger partial charge on any atom is 0.0637 e. The zero-order chi connectivity index (χ0) is 15.2. The van der Waals surface area contributed by atoms with E-state index in [1.165, 1.54) is 102 Å². The molecule has 0 aromatic carbocycles. The quantitative estimate of drug-likeness (QED) is 0.421. The highest BCUT2D eigenvalue weighted by Gasteiger charge is 2.41. The van der Waals surface area contributed by atoms with Crippen LogP contribution in [0.25, 0.3) is 0 Å². The molecule has 2 heteroatoms. The van der Waals surface area contributed by atoms with Crippen LogP contribution in [0.3, 0.4) is 0 Å². The standard InChI is InChI=1S/C20H35NO/c22-21-20-18-13-9-5-1-3-7-11-16(18)15-17-12-8-4-2-6-10-14-19(17)20/h16-19,22H,1-15H2. The molecule has 1 N–H and O–H groups in total. The molecule has 2 nitrogen and oxygen atoms in total. The first-order valence-electron chi connectivity index (χ1n) is 10.1. The Labute approximate surface area is 136 Å². The molecule has 0 aromatic rings. The summed E-state index contributed by atoms with van der Waals surface area (Å²) in [6.07, 6.45) is 20.7. The average Bonchev–Trinajstić information content (AvgIpc) is 2.72. The first-order chi connectivity index (χ1) is 10.9. The lowest BCUT2D eigenvalue weighted by atomic mass is 9.62.